The molecule has 0 radical (unpaired) electrons. The molecule has 0 aromatic heterocycles. The van der Waals surface area contributed by atoms with Gasteiger partial charge in [0.2, 0.25) is 5.91 Å². The van der Waals surface area contributed by atoms with Crippen molar-refractivity contribution in [1.82, 2.24) is 0 Å². The van der Waals surface area contributed by atoms with Gasteiger partial charge in [0.15, 0.2) is 6.10 Å². The number of benzene rings is 3. The fraction of sp³-hybridized carbons (Fsp3) is 0.241. The average molecular weight is 536 g/mol. The largest absolute Gasteiger partial charge is 0.508 e. The molecule has 8 nitrogen and oxygen atoms in total. The van der Waals surface area contributed by atoms with Crippen LogP contribution in [0.3, 0.4) is 0 Å². The molecule has 9 heteroatoms. The van der Waals surface area contributed by atoms with Gasteiger partial charge < -0.3 is 25.6 Å². The number of carbonyl (C=O) groups excluding carboxylic acids is 2. The molecule has 0 unspecified atom stereocenters. The fourth-order valence-corrected chi connectivity index (χ4v) is 4.14. The number of aromatic hydroxyl groups is 1. The first-order valence-corrected chi connectivity index (χ1v) is 13.5. The number of thioether (sulfide) groups is 1. The van der Waals surface area contributed by atoms with Crippen LogP contribution in [0.5, 0.6) is 5.75 Å². The molecule has 3 aromatic rings. The second-order valence-electron chi connectivity index (χ2n) is 8.32. The molecule has 0 aliphatic rings. The van der Waals surface area contributed by atoms with Crippen LogP contribution in [0.15, 0.2) is 89.8 Å². The van der Waals surface area contributed by atoms with Crippen molar-refractivity contribution in [2.24, 2.45) is 0 Å². The molecule has 0 bridgehead atoms. The molecule has 0 aliphatic heterocycles. The molecule has 5 N–H and O–H groups in total. The number of para-hydroxylation sites is 2. The first kappa shape index (κ1) is 28.6. The van der Waals surface area contributed by atoms with Crippen molar-refractivity contribution in [2.45, 2.75) is 36.9 Å². The fourth-order valence-electron chi connectivity index (χ4n) is 3.73. The van der Waals surface area contributed by atoms with Crippen LogP contribution in [-0.4, -0.2) is 36.1 Å². The molecule has 0 aliphatic carbocycles. The molecule has 2 amide bonds. The van der Waals surface area contributed by atoms with E-state index < -0.39 is 18.3 Å². The minimum absolute atomic E-state index is 0.104. The molecule has 0 fully saturated rings. The minimum atomic E-state index is -0.743. The molecule has 0 heterocycles. The van der Waals surface area contributed by atoms with Crippen molar-refractivity contribution in [1.29, 1.82) is 0 Å². The highest BCUT2D eigenvalue weighted by Gasteiger charge is 2.27. The zero-order valence-electron chi connectivity index (χ0n) is 21.4. The Morgan fingerprint density at radius 3 is 2.39 bits per heavy atom. The Bertz CT molecular complexity index is 1220. The smallest absolute Gasteiger partial charge is 0.412 e. The Morgan fingerprint density at radius 2 is 1.74 bits per heavy atom. The molecule has 0 spiro atoms. The molecular formula is C29H33N3O5S. The summed E-state index contributed by atoms with van der Waals surface area (Å²) in [6, 6.07) is 20.9. The third-order valence-electron chi connectivity index (χ3n) is 5.62. The monoisotopic (exact) mass is 535 g/mol. The van der Waals surface area contributed by atoms with Crippen LogP contribution in [0, 0.1) is 0 Å². The number of nitrogen functional groups attached to an aromatic ring is 1. The van der Waals surface area contributed by atoms with E-state index in [1.807, 2.05) is 37.4 Å². The van der Waals surface area contributed by atoms with E-state index in [0.717, 1.165) is 4.90 Å². The summed E-state index contributed by atoms with van der Waals surface area (Å²) in [7, 11) is 0. The maximum Gasteiger partial charge on any atom is 0.412 e. The van der Waals surface area contributed by atoms with Gasteiger partial charge in [-0.15, -0.1) is 11.8 Å². The Labute approximate surface area is 227 Å². The predicted octanol–water partition coefficient (Wildman–Crippen LogP) is 6.37. The van der Waals surface area contributed by atoms with Gasteiger partial charge in [-0.3, -0.25) is 10.1 Å². The van der Waals surface area contributed by atoms with Crippen molar-refractivity contribution in [2.75, 3.05) is 29.2 Å². The van der Waals surface area contributed by atoms with Crippen molar-refractivity contribution in [3.05, 3.63) is 90.5 Å². The van der Waals surface area contributed by atoms with Gasteiger partial charge in [0.25, 0.3) is 0 Å². The van der Waals surface area contributed by atoms with E-state index in [9.17, 15) is 14.7 Å². The predicted molar refractivity (Wildman–Crippen MR) is 152 cm³/mol. The number of hydrogen-bond donors (Lipinski definition) is 4. The average Bonchev–Trinajstić information content (AvgIpc) is 2.91. The highest BCUT2D eigenvalue weighted by molar-refractivity contribution is 7.98. The van der Waals surface area contributed by atoms with Gasteiger partial charge in [0.05, 0.1) is 17.5 Å². The van der Waals surface area contributed by atoms with Gasteiger partial charge in [-0.05, 0) is 86.2 Å². The molecule has 3 aromatic carbocycles. The number of amides is 2. The third kappa shape index (κ3) is 8.86. The molecule has 2 atom stereocenters. The SMILES string of the molecule is CCO[C@@H](CC/C=C/C(=O)Nc1ccccc1N)[C@@H](OC(=O)Nc1ccc(SC)cc1)c1ccc(O)cc1. The van der Waals surface area contributed by atoms with Crippen LogP contribution >= 0.6 is 11.8 Å². The Morgan fingerprint density at radius 1 is 1.03 bits per heavy atom. The number of carbonyl (C=O) groups is 2. The van der Waals surface area contributed by atoms with E-state index >= 15 is 0 Å². The number of phenolic OH excluding ortho intramolecular Hbond substituents is 1. The standard InChI is InChI=1S/C29H33N3O5S/c1-3-36-26(10-6-7-11-27(34)32-25-9-5-4-8-24(25)30)28(20-12-16-22(33)17-13-20)37-29(35)31-21-14-18-23(38-2)19-15-21/h4-5,7-9,11-19,26,28,33H,3,6,10,30H2,1-2H3,(H,31,35)(H,32,34)/b11-7+/t26-,28-/m0/s1. The summed E-state index contributed by atoms with van der Waals surface area (Å²) < 4.78 is 11.8. The first-order chi connectivity index (χ1) is 18.4. The zero-order valence-corrected chi connectivity index (χ0v) is 22.2. The van der Waals surface area contributed by atoms with Crippen molar-refractivity contribution >= 4 is 40.8 Å². The van der Waals surface area contributed by atoms with E-state index in [1.165, 1.54) is 18.2 Å². The summed E-state index contributed by atoms with van der Waals surface area (Å²) in [5, 5.41) is 15.2. The van der Waals surface area contributed by atoms with Gasteiger partial charge in [0, 0.05) is 17.2 Å². The molecule has 0 saturated carbocycles. The number of allylic oxidation sites excluding steroid dienone is 1. The lowest BCUT2D eigenvalue weighted by Gasteiger charge is -2.27. The molecule has 200 valence electrons. The maximum absolute atomic E-state index is 12.8. The van der Waals surface area contributed by atoms with E-state index in [1.54, 1.807) is 54.2 Å². The number of phenols is 1. The second kappa shape index (κ2) is 14.7. The number of hydrogen-bond acceptors (Lipinski definition) is 7. The van der Waals surface area contributed by atoms with Crippen LogP contribution in [0.25, 0.3) is 0 Å². The van der Waals surface area contributed by atoms with Crippen molar-refractivity contribution < 1.29 is 24.2 Å². The number of nitrogens with two attached hydrogens (primary N) is 1. The van der Waals surface area contributed by atoms with Gasteiger partial charge >= 0.3 is 6.09 Å². The Hall–Kier alpha value is -3.95. The number of ether oxygens (including phenoxy) is 2. The quantitative estimate of drug-likeness (QED) is 0.121. The van der Waals surface area contributed by atoms with Crippen LogP contribution in [-0.2, 0) is 14.3 Å². The Kier molecular flexibility index (Phi) is 11.1. The lowest BCUT2D eigenvalue weighted by atomic mass is 10.00. The van der Waals surface area contributed by atoms with Gasteiger partial charge in [-0.25, -0.2) is 4.79 Å². The van der Waals surface area contributed by atoms with E-state index in [4.69, 9.17) is 15.2 Å². The van der Waals surface area contributed by atoms with E-state index in [2.05, 4.69) is 10.6 Å². The summed E-state index contributed by atoms with van der Waals surface area (Å²) in [5.41, 5.74) is 8.19. The highest BCUT2D eigenvalue weighted by Crippen LogP contribution is 2.29. The summed E-state index contributed by atoms with van der Waals surface area (Å²) in [4.78, 5) is 26.2. The van der Waals surface area contributed by atoms with E-state index in [0.29, 0.717) is 42.1 Å². The number of anilines is 3. The topological polar surface area (TPSA) is 123 Å². The van der Waals surface area contributed by atoms with Gasteiger partial charge in [-0.2, -0.15) is 0 Å². The lowest BCUT2D eigenvalue weighted by Crippen LogP contribution is -2.29. The number of nitrogens with one attached hydrogen (secondary N) is 2. The summed E-state index contributed by atoms with van der Waals surface area (Å²) >= 11 is 1.61. The molecule has 3 rings (SSSR count). The second-order valence-corrected chi connectivity index (χ2v) is 9.20. The molecule has 0 saturated heterocycles. The van der Waals surface area contributed by atoms with Crippen LogP contribution < -0.4 is 16.4 Å². The Balaban J connectivity index is 1.68. The highest BCUT2D eigenvalue weighted by atomic mass is 32.2. The van der Waals surface area contributed by atoms with Crippen LogP contribution in [0.1, 0.15) is 31.4 Å². The first-order valence-electron chi connectivity index (χ1n) is 12.2. The number of rotatable bonds is 12. The summed E-state index contributed by atoms with van der Waals surface area (Å²) in [5.74, 6) is -0.194. The van der Waals surface area contributed by atoms with Crippen molar-refractivity contribution in [3.63, 3.8) is 0 Å². The molecule has 38 heavy (non-hydrogen) atoms. The van der Waals surface area contributed by atoms with Gasteiger partial charge in [-0.1, -0.05) is 30.3 Å². The normalized spacial score (nSPS) is 12.6. The van der Waals surface area contributed by atoms with Gasteiger partial charge in [0.1, 0.15) is 5.75 Å². The molecular weight excluding hydrogens is 502 g/mol. The zero-order chi connectivity index (χ0) is 27.3. The minimum Gasteiger partial charge on any atom is -0.508 e. The maximum atomic E-state index is 12.8. The summed E-state index contributed by atoms with van der Waals surface area (Å²) in [6.45, 7) is 2.26. The third-order valence-corrected chi connectivity index (χ3v) is 6.36. The summed E-state index contributed by atoms with van der Waals surface area (Å²) in [6.07, 6.45) is 4.27. The van der Waals surface area contributed by atoms with Crippen LogP contribution in [0.2, 0.25) is 0 Å². The van der Waals surface area contributed by atoms with Crippen molar-refractivity contribution in [3.8, 4) is 5.75 Å². The van der Waals surface area contributed by atoms with Crippen LogP contribution in [0.4, 0.5) is 21.9 Å². The van der Waals surface area contributed by atoms with E-state index in [-0.39, 0.29) is 11.7 Å². The lowest BCUT2D eigenvalue weighted by molar-refractivity contribution is -0.111.